The van der Waals surface area contributed by atoms with Crippen molar-refractivity contribution in [3.63, 3.8) is 0 Å². The summed E-state index contributed by atoms with van der Waals surface area (Å²) in [5, 5.41) is 11.5. The van der Waals surface area contributed by atoms with Crippen LogP contribution in [0, 0.1) is 16.0 Å². The molecule has 1 aliphatic rings. The lowest BCUT2D eigenvalue weighted by atomic mass is 9.89. The van der Waals surface area contributed by atoms with Gasteiger partial charge in [-0.2, -0.15) is 0 Å². The molecule has 1 heterocycles. The Morgan fingerprint density at radius 3 is 2.56 bits per heavy atom. The third-order valence-corrected chi connectivity index (χ3v) is 5.05. The maximum Gasteiger partial charge on any atom is 0.269 e. The van der Waals surface area contributed by atoms with Gasteiger partial charge in [0.15, 0.2) is 0 Å². The molecule has 2 atom stereocenters. The third kappa shape index (κ3) is 4.50. The van der Waals surface area contributed by atoms with Crippen molar-refractivity contribution in [2.45, 2.75) is 12.5 Å². The fraction of sp³-hybridized carbons (Fsp3) is 0.333. The minimum atomic E-state index is -0.390. The average molecular weight is 382 g/mol. The van der Waals surface area contributed by atoms with E-state index >= 15 is 0 Å². The molecule has 1 aliphatic heterocycles. The molecular weight excluding hydrogens is 361 g/mol. The van der Waals surface area contributed by atoms with Crippen LogP contribution in [0.15, 0.2) is 48.5 Å². The van der Waals surface area contributed by atoms with Gasteiger partial charge in [0.2, 0.25) is 0 Å². The van der Waals surface area contributed by atoms with Crippen LogP contribution in [-0.2, 0) is 6.54 Å². The molecular formula is C18H21Cl2N3O2. The predicted octanol–water partition coefficient (Wildman–Crippen LogP) is 3.84. The number of hydrogen-bond acceptors (Lipinski definition) is 4. The molecule has 0 aliphatic carbocycles. The third-order valence-electron chi connectivity index (χ3n) is 4.68. The van der Waals surface area contributed by atoms with Crippen molar-refractivity contribution in [2.24, 2.45) is 11.7 Å². The molecule has 7 heteroatoms. The summed E-state index contributed by atoms with van der Waals surface area (Å²) in [5.74, 6) is 0.763. The predicted molar refractivity (Wildman–Crippen MR) is 102 cm³/mol. The molecule has 3 rings (SSSR count). The van der Waals surface area contributed by atoms with E-state index in [4.69, 9.17) is 17.3 Å². The van der Waals surface area contributed by atoms with Gasteiger partial charge in [-0.3, -0.25) is 15.0 Å². The lowest BCUT2D eigenvalue weighted by Gasteiger charge is -2.17. The minimum absolute atomic E-state index is 0. The number of halogens is 2. The Morgan fingerprint density at radius 2 is 1.92 bits per heavy atom. The first-order chi connectivity index (χ1) is 11.6. The number of hydrogen-bond donors (Lipinski definition) is 1. The van der Waals surface area contributed by atoms with E-state index in [1.807, 2.05) is 18.2 Å². The van der Waals surface area contributed by atoms with Crippen molar-refractivity contribution in [3.05, 3.63) is 74.8 Å². The van der Waals surface area contributed by atoms with Crippen molar-refractivity contribution in [1.29, 1.82) is 0 Å². The smallest absolute Gasteiger partial charge is 0.269 e. The summed E-state index contributed by atoms with van der Waals surface area (Å²) in [6.07, 6.45) is 0. The summed E-state index contributed by atoms with van der Waals surface area (Å²) in [5.41, 5.74) is 8.12. The van der Waals surface area contributed by atoms with E-state index in [0.29, 0.717) is 29.9 Å². The van der Waals surface area contributed by atoms with Crippen LogP contribution in [0.1, 0.15) is 17.0 Å². The number of likely N-dealkylation sites (tertiary alicyclic amines) is 1. The van der Waals surface area contributed by atoms with Crippen LogP contribution in [0.5, 0.6) is 0 Å². The Bertz CT molecular complexity index is 728. The van der Waals surface area contributed by atoms with E-state index in [2.05, 4.69) is 17.0 Å². The fourth-order valence-corrected chi connectivity index (χ4v) is 3.62. The van der Waals surface area contributed by atoms with Crippen LogP contribution < -0.4 is 5.73 Å². The normalized spacial score (nSPS) is 20.2. The highest BCUT2D eigenvalue weighted by Crippen LogP contribution is 2.34. The maximum atomic E-state index is 11.0. The Labute approximate surface area is 158 Å². The van der Waals surface area contributed by atoms with Gasteiger partial charge in [-0.25, -0.2) is 0 Å². The number of non-ortho nitro benzene ring substituents is 1. The van der Waals surface area contributed by atoms with E-state index in [-0.39, 0.29) is 23.0 Å². The lowest BCUT2D eigenvalue weighted by molar-refractivity contribution is -0.384. The highest BCUT2D eigenvalue weighted by Gasteiger charge is 2.33. The maximum absolute atomic E-state index is 11.0. The molecule has 0 bridgehead atoms. The van der Waals surface area contributed by atoms with Crippen LogP contribution in [0.3, 0.4) is 0 Å². The molecule has 1 saturated heterocycles. The molecule has 0 radical (unpaired) electrons. The topological polar surface area (TPSA) is 72.4 Å². The first kappa shape index (κ1) is 19.7. The Hall–Kier alpha value is -1.66. The van der Waals surface area contributed by atoms with Crippen molar-refractivity contribution in [1.82, 2.24) is 4.90 Å². The van der Waals surface area contributed by atoms with Crippen LogP contribution in [0.4, 0.5) is 5.69 Å². The summed E-state index contributed by atoms with van der Waals surface area (Å²) in [4.78, 5) is 12.9. The van der Waals surface area contributed by atoms with E-state index in [9.17, 15) is 10.1 Å². The number of rotatable bonds is 5. The molecule has 1 fully saturated rings. The molecule has 0 unspecified atom stereocenters. The molecule has 0 amide bonds. The fourth-order valence-electron chi connectivity index (χ4n) is 3.44. The molecule has 2 aromatic rings. The second-order valence-electron chi connectivity index (χ2n) is 6.24. The molecule has 0 aromatic heterocycles. The highest BCUT2D eigenvalue weighted by atomic mass is 35.5. The van der Waals surface area contributed by atoms with Gasteiger partial charge in [0.1, 0.15) is 0 Å². The van der Waals surface area contributed by atoms with Crippen molar-refractivity contribution < 1.29 is 4.92 Å². The quantitative estimate of drug-likeness (QED) is 0.630. The largest absolute Gasteiger partial charge is 0.330 e. The molecule has 0 saturated carbocycles. The molecule has 2 N–H and O–H groups in total. The second kappa shape index (κ2) is 8.63. The molecule has 5 nitrogen and oxygen atoms in total. The zero-order chi connectivity index (χ0) is 17.1. The average Bonchev–Trinajstić information content (AvgIpc) is 3.00. The standard InChI is InChI=1S/C18H20ClN3O2.ClH/c19-18-7-6-16(22(23)24)8-14(18)10-21-11-15(9-20)17(12-21)13-4-2-1-3-5-13;/h1-8,15,17H,9-12,20H2;1H/t15-,17+;/m1./s1. The van der Waals surface area contributed by atoms with Crippen LogP contribution in [-0.4, -0.2) is 29.5 Å². The highest BCUT2D eigenvalue weighted by molar-refractivity contribution is 6.31. The Kier molecular flexibility index (Phi) is 6.79. The summed E-state index contributed by atoms with van der Waals surface area (Å²) in [7, 11) is 0. The van der Waals surface area contributed by atoms with Crippen LogP contribution in [0.2, 0.25) is 5.02 Å². The molecule has 25 heavy (non-hydrogen) atoms. The minimum Gasteiger partial charge on any atom is -0.330 e. The Morgan fingerprint density at radius 1 is 1.20 bits per heavy atom. The zero-order valence-electron chi connectivity index (χ0n) is 13.7. The summed E-state index contributed by atoms with van der Waals surface area (Å²) >= 11 is 6.23. The SMILES string of the molecule is Cl.NC[C@@H]1CN(Cc2cc([N+](=O)[O-])ccc2Cl)C[C@H]1c1ccccc1. The Balaban J connectivity index is 0.00000225. The van der Waals surface area contributed by atoms with E-state index < -0.39 is 0 Å². The van der Waals surface area contributed by atoms with Crippen molar-refractivity contribution >= 4 is 29.7 Å². The van der Waals surface area contributed by atoms with E-state index in [1.165, 1.54) is 11.6 Å². The first-order valence-electron chi connectivity index (χ1n) is 7.98. The van der Waals surface area contributed by atoms with Gasteiger partial charge in [0.05, 0.1) is 4.92 Å². The van der Waals surface area contributed by atoms with Gasteiger partial charge >= 0.3 is 0 Å². The number of nitro benzene ring substituents is 1. The number of nitrogens with zero attached hydrogens (tertiary/aromatic N) is 2. The van der Waals surface area contributed by atoms with Gasteiger partial charge < -0.3 is 5.73 Å². The van der Waals surface area contributed by atoms with Gasteiger partial charge in [-0.15, -0.1) is 12.4 Å². The second-order valence-corrected chi connectivity index (χ2v) is 6.65. The number of nitro groups is 1. The molecule has 134 valence electrons. The van der Waals surface area contributed by atoms with Crippen molar-refractivity contribution in [3.8, 4) is 0 Å². The monoisotopic (exact) mass is 381 g/mol. The first-order valence-corrected chi connectivity index (χ1v) is 8.36. The lowest BCUT2D eigenvalue weighted by Crippen LogP contribution is -2.23. The summed E-state index contributed by atoms with van der Waals surface area (Å²) < 4.78 is 0. The number of nitrogens with two attached hydrogens (primary N) is 1. The summed E-state index contributed by atoms with van der Waals surface area (Å²) in [6, 6.07) is 15.0. The molecule has 0 spiro atoms. The van der Waals surface area contributed by atoms with Gasteiger partial charge in [-0.05, 0) is 29.7 Å². The summed E-state index contributed by atoms with van der Waals surface area (Å²) in [6.45, 7) is 2.97. The van der Waals surface area contributed by atoms with Crippen LogP contribution in [0.25, 0.3) is 0 Å². The van der Waals surface area contributed by atoms with Gasteiger partial charge in [0, 0.05) is 42.7 Å². The van der Waals surface area contributed by atoms with E-state index in [0.717, 1.165) is 18.7 Å². The van der Waals surface area contributed by atoms with Gasteiger partial charge in [-0.1, -0.05) is 41.9 Å². The van der Waals surface area contributed by atoms with Gasteiger partial charge in [0.25, 0.3) is 5.69 Å². The number of benzene rings is 2. The zero-order valence-corrected chi connectivity index (χ0v) is 15.2. The van der Waals surface area contributed by atoms with Crippen molar-refractivity contribution in [2.75, 3.05) is 19.6 Å². The van der Waals surface area contributed by atoms with Crippen LogP contribution >= 0.6 is 24.0 Å². The van der Waals surface area contributed by atoms with E-state index in [1.54, 1.807) is 12.1 Å². The molecule has 2 aromatic carbocycles.